The molecule has 0 spiro atoms. The van der Waals surface area contributed by atoms with Crippen molar-refractivity contribution in [2.45, 2.75) is 13.8 Å². The van der Waals surface area contributed by atoms with Gasteiger partial charge in [-0.05, 0) is 31.4 Å². The largest absolute Gasteiger partial charge is 0.339 e. The SMILES string of the molecule is C/C=C(\Nc1cc2cc(-c3cncn3C)ccc2cn1)c1cnc(C)n1C. The predicted molar refractivity (Wildman–Crippen MR) is 109 cm³/mol. The lowest BCUT2D eigenvalue weighted by atomic mass is 10.1. The van der Waals surface area contributed by atoms with Crippen LogP contribution in [0, 0.1) is 6.92 Å². The van der Waals surface area contributed by atoms with Crippen molar-refractivity contribution in [2.24, 2.45) is 14.1 Å². The summed E-state index contributed by atoms with van der Waals surface area (Å²) in [6.07, 6.45) is 9.50. The van der Waals surface area contributed by atoms with Gasteiger partial charge in [0, 0.05) is 31.2 Å². The summed E-state index contributed by atoms with van der Waals surface area (Å²) in [7, 11) is 4.01. The minimum atomic E-state index is 0.802. The smallest absolute Gasteiger partial charge is 0.130 e. The molecule has 0 saturated heterocycles. The van der Waals surface area contributed by atoms with Gasteiger partial charge in [0.05, 0.1) is 35.8 Å². The number of hydrogen-bond donors (Lipinski definition) is 1. The van der Waals surface area contributed by atoms with Gasteiger partial charge in [0.2, 0.25) is 0 Å². The van der Waals surface area contributed by atoms with E-state index in [-0.39, 0.29) is 0 Å². The van der Waals surface area contributed by atoms with E-state index in [1.165, 1.54) is 0 Å². The number of benzene rings is 1. The Hall–Kier alpha value is -3.41. The first-order valence-electron chi connectivity index (χ1n) is 8.85. The maximum atomic E-state index is 4.57. The number of pyridine rings is 1. The Morgan fingerprint density at radius 3 is 2.56 bits per heavy atom. The summed E-state index contributed by atoms with van der Waals surface area (Å²) >= 11 is 0. The fraction of sp³-hybridized carbons (Fsp3) is 0.190. The zero-order chi connectivity index (χ0) is 19.0. The lowest BCUT2D eigenvalue weighted by molar-refractivity contribution is 0.845. The minimum Gasteiger partial charge on any atom is -0.339 e. The molecule has 0 radical (unpaired) electrons. The minimum absolute atomic E-state index is 0.802. The van der Waals surface area contributed by atoms with Gasteiger partial charge in [-0.3, -0.25) is 0 Å². The van der Waals surface area contributed by atoms with Crippen LogP contribution in [0.3, 0.4) is 0 Å². The molecule has 3 aromatic heterocycles. The van der Waals surface area contributed by atoms with Crippen LogP contribution < -0.4 is 5.32 Å². The van der Waals surface area contributed by atoms with Gasteiger partial charge in [-0.2, -0.15) is 0 Å². The Kier molecular flexibility index (Phi) is 4.24. The van der Waals surface area contributed by atoms with Crippen molar-refractivity contribution in [1.82, 2.24) is 24.1 Å². The molecule has 0 aliphatic heterocycles. The standard InChI is InChI=1S/C21H22N6/c1-5-18(20-12-23-14(2)27(20)4)25-21-9-17-8-15(6-7-16(17)10-24-21)19-11-22-13-26(19)3/h5-13H,1-4H3,(H,24,25)/b18-5-. The summed E-state index contributed by atoms with van der Waals surface area (Å²) in [5.41, 5.74) is 4.23. The van der Waals surface area contributed by atoms with E-state index in [2.05, 4.69) is 49.1 Å². The van der Waals surface area contributed by atoms with E-state index in [4.69, 9.17) is 0 Å². The molecule has 3 heterocycles. The lowest BCUT2D eigenvalue weighted by Gasteiger charge is -2.12. The maximum absolute atomic E-state index is 4.57. The average molecular weight is 358 g/mol. The molecule has 0 aliphatic rings. The highest BCUT2D eigenvalue weighted by Crippen LogP contribution is 2.26. The van der Waals surface area contributed by atoms with Gasteiger partial charge in [-0.15, -0.1) is 0 Å². The first kappa shape index (κ1) is 17.0. The van der Waals surface area contributed by atoms with Crippen LogP contribution in [0.15, 0.2) is 55.3 Å². The number of hydrogen-bond acceptors (Lipinski definition) is 4. The van der Waals surface area contributed by atoms with E-state index >= 15 is 0 Å². The summed E-state index contributed by atoms with van der Waals surface area (Å²) < 4.78 is 4.08. The van der Waals surface area contributed by atoms with E-state index in [0.717, 1.165) is 45.1 Å². The number of rotatable bonds is 4. The zero-order valence-corrected chi connectivity index (χ0v) is 15.9. The molecule has 0 fully saturated rings. The monoisotopic (exact) mass is 358 g/mol. The van der Waals surface area contributed by atoms with Gasteiger partial charge < -0.3 is 14.5 Å². The van der Waals surface area contributed by atoms with Crippen LogP contribution in [-0.4, -0.2) is 24.1 Å². The Morgan fingerprint density at radius 2 is 1.89 bits per heavy atom. The van der Waals surface area contributed by atoms with Crippen molar-refractivity contribution in [3.05, 3.63) is 66.8 Å². The highest BCUT2D eigenvalue weighted by Gasteiger charge is 2.10. The molecule has 27 heavy (non-hydrogen) atoms. The fourth-order valence-electron chi connectivity index (χ4n) is 3.18. The second kappa shape index (κ2) is 6.72. The summed E-state index contributed by atoms with van der Waals surface area (Å²) in [5, 5.41) is 5.66. The molecule has 1 N–H and O–H groups in total. The molecule has 0 saturated carbocycles. The number of fused-ring (bicyclic) bond motifs is 1. The lowest BCUT2D eigenvalue weighted by Crippen LogP contribution is -2.05. The van der Waals surface area contributed by atoms with E-state index in [0.29, 0.717) is 0 Å². The molecule has 1 aromatic carbocycles. The quantitative estimate of drug-likeness (QED) is 0.595. The first-order valence-corrected chi connectivity index (χ1v) is 8.85. The maximum Gasteiger partial charge on any atom is 0.130 e. The molecular formula is C21H22N6. The predicted octanol–water partition coefficient (Wildman–Crippen LogP) is 4.15. The molecule has 0 unspecified atom stereocenters. The number of allylic oxidation sites excluding steroid dienone is 1. The molecular weight excluding hydrogens is 336 g/mol. The fourth-order valence-corrected chi connectivity index (χ4v) is 3.18. The van der Waals surface area contributed by atoms with Crippen LogP contribution in [0.1, 0.15) is 18.4 Å². The van der Waals surface area contributed by atoms with E-state index in [9.17, 15) is 0 Å². The summed E-state index contributed by atoms with van der Waals surface area (Å²) in [6, 6.07) is 8.43. The molecule has 136 valence electrons. The van der Waals surface area contributed by atoms with Crippen molar-refractivity contribution >= 4 is 22.3 Å². The summed E-state index contributed by atoms with van der Waals surface area (Å²) in [6.45, 7) is 4.00. The average Bonchev–Trinajstić information content (AvgIpc) is 3.25. The van der Waals surface area contributed by atoms with Crippen LogP contribution in [0.2, 0.25) is 0 Å². The molecule has 6 nitrogen and oxygen atoms in total. The summed E-state index contributed by atoms with van der Waals surface area (Å²) in [5.74, 6) is 1.77. The number of nitrogens with one attached hydrogen (secondary N) is 1. The van der Waals surface area contributed by atoms with Gasteiger partial charge in [-0.1, -0.05) is 18.2 Å². The number of imidazole rings is 2. The topological polar surface area (TPSA) is 60.6 Å². The van der Waals surface area contributed by atoms with Gasteiger partial charge in [-0.25, -0.2) is 15.0 Å². The van der Waals surface area contributed by atoms with Crippen molar-refractivity contribution < 1.29 is 0 Å². The molecule has 4 rings (SSSR count). The number of anilines is 1. The Morgan fingerprint density at radius 1 is 1.04 bits per heavy atom. The van der Waals surface area contributed by atoms with Crippen LogP contribution in [0.25, 0.3) is 27.7 Å². The van der Waals surface area contributed by atoms with Crippen LogP contribution >= 0.6 is 0 Å². The summed E-state index contributed by atoms with van der Waals surface area (Å²) in [4.78, 5) is 13.2. The third-order valence-electron chi connectivity index (χ3n) is 4.88. The Balaban J connectivity index is 1.70. The van der Waals surface area contributed by atoms with Crippen LogP contribution in [0.4, 0.5) is 5.82 Å². The van der Waals surface area contributed by atoms with Gasteiger partial charge in [0.15, 0.2) is 0 Å². The van der Waals surface area contributed by atoms with Gasteiger partial charge >= 0.3 is 0 Å². The molecule has 6 heteroatoms. The van der Waals surface area contributed by atoms with Gasteiger partial charge in [0.25, 0.3) is 0 Å². The molecule has 0 atom stereocenters. The van der Waals surface area contributed by atoms with Crippen LogP contribution in [0.5, 0.6) is 0 Å². The van der Waals surface area contributed by atoms with Crippen molar-refractivity contribution in [3.8, 4) is 11.3 Å². The van der Waals surface area contributed by atoms with Crippen molar-refractivity contribution in [3.63, 3.8) is 0 Å². The van der Waals surface area contributed by atoms with Gasteiger partial charge in [0.1, 0.15) is 11.6 Å². The second-order valence-electron chi connectivity index (χ2n) is 6.60. The van der Waals surface area contributed by atoms with Crippen molar-refractivity contribution in [1.29, 1.82) is 0 Å². The molecule has 0 bridgehead atoms. The number of aromatic nitrogens is 5. The molecule has 0 amide bonds. The van der Waals surface area contributed by atoms with Crippen molar-refractivity contribution in [2.75, 3.05) is 5.32 Å². The highest BCUT2D eigenvalue weighted by molar-refractivity contribution is 5.89. The van der Waals surface area contributed by atoms with E-state index in [1.807, 2.05) is 63.5 Å². The Labute approximate surface area is 158 Å². The molecule has 4 aromatic rings. The van der Waals surface area contributed by atoms with Crippen LogP contribution in [-0.2, 0) is 14.1 Å². The molecule has 0 aliphatic carbocycles. The van der Waals surface area contributed by atoms with E-state index < -0.39 is 0 Å². The third kappa shape index (κ3) is 3.10. The third-order valence-corrected chi connectivity index (χ3v) is 4.88. The first-order chi connectivity index (χ1) is 13.1. The second-order valence-corrected chi connectivity index (χ2v) is 6.60. The Bertz CT molecular complexity index is 1150. The normalized spacial score (nSPS) is 11.9. The van der Waals surface area contributed by atoms with E-state index in [1.54, 1.807) is 0 Å². The number of nitrogens with zero attached hydrogens (tertiary/aromatic N) is 5. The highest BCUT2D eigenvalue weighted by atomic mass is 15.1. The number of aryl methyl sites for hydroxylation is 2. The zero-order valence-electron chi connectivity index (χ0n) is 15.9.